The molecule has 0 radical (unpaired) electrons. The molecule has 10 heteroatoms. The van der Waals surface area contributed by atoms with Gasteiger partial charge < -0.3 is 10.1 Å². The van der Waals surface area contributed by atoms with Crippen LogP contribution in [0.3, 0.4) is 0 Å². The van der Waals surface area contributed by atoms with Crippen molar-refractivity contribution in [2.45, 2.75) is 19.3 Å². The lowest BCUT2D eigenvalue weighted by molar-refractivity contribution is -0.274. The number of hydrogen-bond acceptors (Lipinski definition) is 4. The van der Waals surface area contributed by atoms with Crippen LogP contribution in [0.15, 0.2) is 54.6 Å². The van der Waals surface area contributed by atoms with E-state index < -0.39 is 34.1 Å². The number of rotatable bonds is 6. The van der Waals surface area contributed by atoms with E-state index in [4.69, 9.17) is 0 Å². The molecule has 0 saturated heterocycles. The summed E-state index contributed by atoms with van der Waals surface area (Å²) in [5.74, 6) is -1.08. The van der Waals surface area contributed by atoms with E-state index in [9.17, 15) is 26.4 Å². The van der Waals surface area contributed by atoms with Crippen LogP contribution >= 0.6 is 0 Å². The molecule has 0 aliphatic carbocycles. The van der Waals surface area contributed by atoms with E-state index in [1.165, 1.54) is 19.1 Å². The van der Waals surface area contributed by atoms with Gasteiger partial charge in [-0.2, -0.15) is 0 Å². The Morgan fingerprint density at radius 3 is 2.11 bits per heavy atom. The van der Waals surface area contributed by atoms with E-state index in [1.54, 1.807) is 30.3 Å². The molecule has 0 aromatic heterocycles. The minimum absolute atomic E-state index is 0.197. The van der Waals surface area contributed by atoms with Gasteiger partial charge in [0.25, 0.3) is 0 Å². The Kier molecular flexibility index (Phi) is 5.99. The summed E-state index contributed by atoms with van der Waals surface area (Å²) in [6.45, 7) is 1.41. The van der Waals surface area contributed by atoms with Crippen molar-refractivity contribution in [2.24, 2.45) is 0 Å². The Bertz CT molecular complexity index is 885. The number of para-hydroxylation sites is 1. The van der Waals surface area contributed by atoms with Crippen molar-refractivity contribution in [3.05, 3.63) is 54.6 Å². The highest BCUT2D eigenvalue weighted by Gasteiger charge is 2.31. The van der Waals surface area contributed by atoms with Gasteiger partial charge in [0, 0.05) is 5.69 Å². The summed E-state index contributed by atoms with van der Waals surface area (Å²) in [4.78, 5) is 12.5. The number of sulfonamides is 1. The van der Waals surface area contributed by atoms with Gasteiger partial charge in [-0.15, -0.1) is 13.2 Å². The molecule has 2 rings (SSSR count). The molecule has 1 atom stereocenters. The predicted octanol–water partition coefficient (Wildman–Crippen LogP) is 3.38. The average molecular weight is 402 g/mol. The van der Waals surface area contributed by atoms with E-state index >= 15 is 0 Å². The van der Waals surface area contributed by atoms with Gasteiger partial charge in [-0.05, 0) is 43.3 Å². The molecule has 2 aromatic rings. The van der Waals surface area contributed by atoms with Gasteiger partial charge in [0.2, 0.25) is 15.9 Å². The van der Waals surface area contributed by atoms with Crippen molar-refractivity contribution in [3.8, 4) is 5.75 Å². The van der Waals surface area contributed by atoms with E-state index in [0.717, 1.165) is 22.7 Å². The van der Waals surface area contributed by atoms with Crippen LogP contribution in [0, 0.1) is 0 Å². The number of carbonyl (C=O) groups is 1. The minimum atomic E-state index is -4.81. The molecule has 27 heavy (non-hydrogen) atoms. The minimum Gasteiger partial charge on any atom is -0.406 e. The summed E-state index contributed by atoms with van der Waals surface area (Å²) < 4.78 is 65.5. The molecule has 1 N–H and O–H groups in total. The summed E-state index contributed by atoms with van der Waals surface area (Å²) in [6, 6.07) is 11.5. The second-order valence-corrected chi connectivity index (χ2v) is 7.49. The Balaban J connectivity index is 2.16. The number of alkyl halides is 3. The Hall–Kier alpha value is -2.75. The Labute approximate surface area is 154 Å². The number of carbonyl (C=O) groups excluding carboxylic acids is 1. The van der Waals surface area contributed by atoms with Crippen LogP contribution in [-0.4, -0.2) is 33.0 Å². The largest absolute Gasteiger partial charge is 0.573 e. The number of hydrogen-bond donors (Lipinski definition) is 1. The van der Waals surface area contributed by atoms with Gasteiger partial charge in [0.05, 0.1) is 11.9 Å². The number of ether oxygens (including phenoxy) is 1. The van der Waals surface area contributed by atoms with Gasteiger partial charge in [-0.1, -0.05) is 18.2 Å². The van der Waals surface area contributed by atoms with Gasteiger partial charge in [0.1, 0.15) is 11.8 Å². The fourth-order valence-electron chi connectivity index (χ4n) is 2.37. The van der Waals surface area contributed by atoms with Gasteiger partial charge in [0.15, 0.2) is 0 Å². The third-order valence-corrected chi connectivity index (χ3v) is 4.70. The van der Waals surface area contributed by atoms with Gasteiger partial charge >= 0.3 is 6.36 Å². The van der Waals surface area contributed by atoms with Crippen LogP contribution in [0.1, 0.15) is 6.92 Å². The zero-order valence-corrected chi connectivity index (χ0v) is 15.2. The van der Waals surface area contributed by atoms with Gasteiger partial charge in [-0.25, -0.2) is 8.42 Å². The van der Waals surface area contributed by atoms with E-state index in [2.05, 4.69) is 10.1 Å². The van der Waals surface area contributed by atoms with Crippen LogP contribution in [0.2, 0.25) is 0 Å². The van der Waals surface area contributed by atoms with Crippen molar-refractivity contribution < 1.29 is 31.1 Å². The van der Waals surface area contributed by atoms with Crippen molar-refractivity contribution in [1.82, 2.24) is 0 Å². The number of anilines is 2. The predicted molar refractivity (Wildman–Crippen MR) is 95.0 cm³/mol. The lowest BCUT2D eigenvalue weighted by Gasteiger charge is -2.28. The van der Waals surface area contributed by atoms with Crippen molar-refractivity contribution >= 4 is 27.3 Å². The summed E-state index contributed by atoms with van der Waals surface area (Å²) in [7, 11) is -3.75. The zero-order chi connectivity index (χ0) is 20.2. The average Bonchev–Trinajstić information content (AvgIpc) is 2.55. The highest BCUT2D eigenvalue weighted by Crippen LogP contribution is 2.25. The van der Waals surface area contributed by atoms with Crippen molar-refractivity contribution in [2.75, 3.05) is 15.9 Å². The molecule has 146 valence electrons. The molecule has 0 bridgehead atoms. The highest BCUT2D eigenvalue weighted by molar-refractivity contribution is 7.92. The molecule has 1 amide bonds. The van der Waals surface area contributed by atoms with Crippen molar-refractivity contribution in [3.63, 3.8) is 0 Å². The van der Waals surface area contributed by atoms with Crippen LogP contribution in [0.25, 0.3) is 0 Å². The first-order valence-electron chi connectivity index (χ1n) is 7.68. The number of nitrogens with zero attached hydrogens (tertiary/aromatic N) is 1. The second-order valence-electron chi connectivity index (χ2n) is 5.63. The first-order valence-corrected chi connectivity index (χ1v) is 9.53. The third kappa shape index (κ3) is 5.88. The lowest BCUT2D eigenvalue weighted by atomic mass is 10.2. The summed E-state index contributed by atoms with van der Waals surface area (Å²) >= 11 is 0. The summed E-state index contributed by atoms with van der Waals surface area (Å²) in [6.07, 6.45) is -3.84. The zero-order valence-electron chi connectivity index (χ0n) is 14.4. The Morgan fingerprint density at radius 1 is 1.07 bits per heavy atom. The maximum atomic E-state index is 12.5. The monoisotopic (exact) mass is 402 g/mol. The molecular weight excluding hydrogens is 385 g/mol. The molecule has 0 fully saturated rings. The van der Waals surface area contributed by atoms with Gasteiger partial charge in [-0.3, -0.25) is 9.10 Å². The highest BCUT2D eigenvalue weighted by atomic mass is 32.2. The van der Waals surface area contributed by atoms with Crippen LogP contribution in [0.4, 0.5) is 24.5 Å². The molecular formula is C17H17F3N2O4S. The molecule has 6 nitrogen and oxygen atoms in total. The first-order chi connectivity index (χ1) is 12.5. The number of halogens is 3. The summed E-state index contributed by atoms with van der Waals surface area (Å²) in [5, 5.41) is 2.47. The van der Waals surface area contributed by atoms with Crippen LogP contribution < -0.4 is 14.4 Å². The SMILES string of the molecule is C[C@@H](C(=O)Nc1ccc(OC(F)(F)F)cc1)N(c1ccccc1)S(C)(=O)=O. The fourth-order valence-corrected chi connectivity index (χ4v) is 3.55. The fraction of sp³-hybridized carbons (Fsp3) is 0.235. The molecule has 0 unspecified atom stereocenters. The number of amides is 1. The Morgan fingerprint density at radius 2 is 1.63 bits per heavy atom. The number of benzene rings is 2. The molecule has 0 aliphatic rings. The topological polar surface area (TPSA) is 75.7 Å². The molecule has 0 spiro atoms. The smallest absolute Gasteiger partial charge is 0.406 e. The normalized spacial score (nSPS) is 12.9. The van der Waals surface area contributed by atoms with E-state index in [-0.39, 0.29) is 5.69 Å². The molecule has 2 aromatic carbocycles. The van der Waals surface area contributed by atoms with E-state index in [1.807, 2.05) is 0 Å². The van der Waals surface area contributed by atoms with Crippen LogP contribution in [0.5, 0.6) is 5.75 Å². The second kappa shape index (κ2) is 7.87. The summed E-state index contributed by atoms with van der Waals surface area (Å²) in [5.41, 5.74) is 0.513. The number of nitrogens with one attached hydrogen (secondary N) is 1. The molecule has 0 saturated carbocycles. The molecule has 0 aliphatic heterocycles. The van der Waals surface area contributed by atoms with Crippen LogP contribution in [-0.2, 0) is 14.8 Å². The lowest BCUT2D eigenvalue weighted by Crippen LogP contribution is -2.45. The third-order valence-electron chi connectivity index (χ3n) is 3.45. The quantitative estimate of drug-likeness (QED) is 0.804. The first kappa shape index (κ1) is 20.6. The van der Waals surface area contributed by atoms with E-state index in [0.29, 0.717) is 5.69 Å². The van der Waals surface area contributed by atoms with Crippen molar-refractivity contribution in [1.29, 1.82) is 0 Å². The maximum Gasteiger partial charge on any atom is 0.573 e. The standard InChI is InChI=1S/C17H17F3N2O4S/c1-12(22(27(2,24)25)14-6-4-3-5-7-14)16(23)21-13-8-10-15(11-9-13)26-17(18,19)20/h3-12H,1-2H3,(H,21,23)/t12-/m0/s1. The maximum absolute atomic E-state index is 12.5. The molecule has 0 heterocycles.